The topological polar surface area (TPSA) is 91.6 Å². The van der Waals surface area contributed by atoms with E-state index in [4.69, 9.17) is 9.97 Å². The fourth-order valence-electron chi connectivity index (χ4n) is 6.16. The summed E-state index contributed by atoms with van der Waals surface area (Å²) in [5, 5.41) is 9.65. The Labute approximate surface area is 264 Å². The summed E-state index contributed by atoms with van der Waals surface area (Å²) in [7, 11) is 0. The lowest BCUT2D eigenvalue weighted by Gasteiger charge is -2.36. The summed E-state index contributed by atoms with van der Waals surface area (Å²) >= 11 is 0. The maximum absolute atomic E-state index is 13.7. The third-order valence-corrected chi connectivity index (χ3v) is 8.53. The van der Waals surface area contributed by atoms with Crippen LogP contribution in [0.5, 0.6) is 0 Å². The molecule has 1 N–H and O–H groups in total. The molecule has 1 aliphatic heterocycles. The molecule has 8 heteroatoms. The van der Waals surface area contributed by atoms with Crippen LogP contribution in [0.15, 0.2) is 84.9 Å². The molecule has 0 unspecified atom stereocenters. The third-order valence-electron chi connectivity index (χ3n) is 8.53. The summed E-state index contributed by atoms with van der Waals surface area (Å²) < 4.78 is 2.20. The van der Waals surface area contributed by atoms with E-state index in [0.29, 0.717) is 31.6 Å². The lowest BCUT2D eigenvalue weighted by molar-refractivity contribution is 0.0697. The Morgan fingerprint density at radius 2 is 1.60 bits per heavy atom. The first-order chi connectivity index (χ1) is 22.0. The van der Waals surface area contributed by atoms with E-state index in [1.165, 1.54) is 0 Å². The van der Waals surface area contributed by atoms with Crippen molar-refractivity contribution in [2.75, 3.05) is 18.0 Å². The number of fused-ring (bicyclic) bond motifs is 1. The Balaban J connectivity index is 1.32. The number of carbonyl (C=O) groups excluding carboxylic acids is 1. The second-order valence-corrected chi connectivity index (χ2v) is 11.6. The standard InChI is InChI=1S/C37H39N5O3/c1-3-5-16-34-38-32-23-33(41-22-11-21-40(37(41)45)24-26-12-7-6-8-13-26)31(4-2)39-35(32)42(34)25-27-17-19-28(20-18-27)29-14-9-10-15-30(29)36(43)44/h6-10,12-15,17-20,23H,3-5,11,16,21-22,24-25H2,1-2H3,(H,43,44). The number of carbonyl (C=O) groups is 2. The molecule has 230 valence electrons. The molecule has 2 amide bonds. The van der Waals surface area contributed by atoms with Gasteiger partial charge in [-0.2, -0.15) is 0 Å². The minimum absolute atomic E-state index is 0.0103. The van der Waals surface area contributed by atoms with Crippen LogP contribution in [-0.4, -0.2) is 49.6 Å². The van der Waals surface area contributed by atoms with E-state index < -0.39 is 5.97 Å². The van der Waals surface area contributed by atoms with Gasteiger partial charge >= 0.3 is 12.0 Å². The molecule has 0 saturated carbocycles. The predicted octanol–water partition coefficient (Wildman–Crippen LogP) is 7.58. The van der Waals surface area contributed by atoms with Gasteiger partial charge in [-0.3, -0.25) is 4.90 Å². The number of benzene rings is 3. The van der Waals surface area contributed by atoms with Gasteiger partial charge in [-0.05, 0) is 53.6 Å². The summed E-state index contributed by atoms with van der Waals surface area (Å²) in [5.74, 6) is 0.0435. The predicted molar refractivity (Wildman–Crippen MR) is 178 cm³/mol. The van der Waals surface area contributed by atoms with Crippen molar-refractivity contribution in [3.8, 4) is 11.1 Å². The smallest absolute Gasteiger partial charge is 0.336 e. The van der Waals surface area contributed by atoms with Crippen LogP contribution in [0, 0.1) is 0 Å². The average Bonchev–Trinajstić information content (AvgIpc) is 3.40. The molecule has 3 aromatic carbocycles. The number of pyridine rings is 1. The van der Waals surface area contributed by atoms with E-state index in [2.05, 4.69) is 36.6 Å². The van der Waals surface area contributed by atoms with Crippen LogP contribution in [0.2, 0.25) is 0 Å². The van der Waals surface area contributed by atoms with Crippen molar-refractivity contribution < 1.29 is 14.7 Å². The van der Waals surface area contributed by atoms with Crippen LogP contribution in [0.25, 0.3) is 22.3 Å². The van der Waals surface area contributed by atoms with Crippen LogP contribution in [0.1, 0.15) is 66.1 Å². The largest absolute Gasteiger partial charge is 0.478 e. The number of urea groups is 1. The third kappa shape index (κ3) is 6.32. The van der Waals surface area contributed by atoms with Crippen LogP contribution in [0.3, 0.4) is 0 Å². The molecule has 3 heterocycles. The number of anilines is 1. The normalized spacial score (nSPS) is 13.5. The number of carboxylic acids is 1. The first-order valence-electron chi connectivity index (χ1n) is 15.9. The summed E-state index contributed by atoms with van der Waals surface area (Å²) in [6.45, 7) is 6.84. The van der Waals surface area contributed by atoms with E-state index in [0.717, 1.165) is 77.3 Å². The molecule has 6 rings (SSSR count). The van der Waals surface area contributed by atoms with E-state index >= 15 is 0 Å². The lowest BCUT2D eigenvalue weighted by atomic mass is 9.99. The van der Waals surface area contributed by atoms with E-state index in [1.807, 2.05) is 64.4 Å². The monoisotopic (exact) mass is 601 g/mol. The van der Waals surface area contributed by atoms with Gasteiger partial charge in [-0.1, -0.05) is 93.1 Å². The van der Waals surface area contributed by atoms with Gasteiger partial charge in [0.1, 0.15) is 11.3 Å². The Bertz CT molecular complexity index is 1810. The number of aromatic carboxylic acids is 1. The summed E-state index contributed by atoms with van der Waals surface area (Å²) in [5.41, 5.74) is 7.41. The average molecular weight is 602 g/mol. The van der Waals surface area contributed by atoms with Crippen LogP contribution >= 0.6 is 0 Å². The molecule has 0 radical (unpaired) electrons. The Morgan fingerprint density at radius 3 is 2.33 bits per heavy atom. The lowest BCUT2D eigenvalue weighted by Crippen LogP contribution is -2.49. The van der Waals surface area contributed by atoms with Gasteiger partial charge in [0.25, 0.3) is 0 Å². The van der Waals surface area contributed by atoms with Gasteiger partial charge in [0.15, 0.2) is 5.65 Å². The minimum Gasteiger partial charge on any atom is -0.478 e. The fraction of sp³-hybridized carbons (Fsp3) is 0.297. The van der Waals surface area contributed by atoms with Crippen molar-refractivity contribution in [2.24, 2.45) is 0 Å². The number of nitrogens with zero attached hydrogens (tertiary/aromatic N) is 5. The summed E-state index contributed by atoms with van der Waals surface area (Å²) in [4.78, 5) is 39.5. The van der Waals surface area contributed by atoms with Crippen LogP contribution < -0.4 is 4.90 Å². The maximum Gasteiger partial charge on any atom is 0.336 e. The highest BCUT2D eigenvalue weighted by Gasteiger charge is 2.29. The van der Waals surface area contributed by atoms with Gasteiger partial charge in [-0.25, -0.2) is 19.6 Å². The van der Waals surface area contributed by atoms with Gasteiger partial charge in [0, 0.05) is 26.1 Å². The first kappa shape index (κ1) is 30.1. The highest BCUT2D eigenvalue weighted by atomic mass is 16.4. The number of imidazole rings is 1. The van der Waals surface area contributed by atoms with Crippen molar-refractivity contribution >= 4 is 28.9 Å². The number of unbranched alkanes of at least 4 members (excludes halogenated alkanes) is 1. The van der Waals surface area contributed by atoms with Crippen molar-refractivity contribution in [1.82, 2.24) is 19.4 Å². The van der Waals surface area contributed by atoms with Crippen LogP contribution in [0.4, 0.5) is 10.5 Å². The number of carboxylic acid groups (broad SMARTS) is 1. The Morgan fingerprint density at radius 1 is 0.867 bits per heavy atom. The molecule has 1 fully saturated rings. The zero-order valence-electron chi connectivity index (χ0n) is 25.9. The highest BCUT2D eigenvalue weighted by molar-refractivity contribution is 5.96. The second-order valence-electron chi connectivity index (χ2n) is 11.6. The first-order valence-corrected chi connectivity index (χ1v) is 15.9. The number of rotatable bonds is 11. The minimum atomic E-state index is -0.938. The Hall–Kier alpha value is -4.98. The Kier molecular flexibility index (Phi) is 8.91. The number of hydrogen-bond acceptors (Lipinski definition) is 4. The molecule has 5 aromatic rings. The van der Waals surface area contributed by atoms with Gasteiger partial charge in [0.2, 0.25) is 0 Å². The molecular formula is C37H39N5O3. The number of hydrogen-bond donors (Lipinski definition) is 1. The van der Waals surface area contributed by atoms with Crippen LogP contribution in [-0.2, 0) is 25.9 Å². The molecule has 0 atom stereocenters. The van der Waals surface area contributed by atoms with Crippen molar-refractivity contribution in [1.29, 1.82) is 0 Å². The second kappa shape index (κ2) is 13.3. The molecule has 2 aromatic heterocycles. The highest BCUT2D eigenvalue weighted by Crippen LogP contribution is 2.30. The van der Waals surface area contributed by atoms with Crippen molar-refractivity contribution in [3.63, 3.8) is 0 Å². The summed E-state index contributed by atoms with van der Waals surface area (Å²) in [6, 6.07) is 27.3. The molecule has 0 spiro atoms. The van der Waals surface area contributed by atoms with Gasteiger partial charge < -0.3 is 14.6 Å². The van der Waals surface area contributed by atoms with E-state index in [9.17, 15) is 14.7 Å². The molecule has 1 saturated heterocycles. The molecular weight excluding hydrogens is 562 g/mol. The quantitative estimate of drug-likeness (QED) is 0.169. The molecule has 1 aliphatic rings. The summed E-state index contributed by atoms with van der Waals surface area (Å²) in [6.07, 6.45) is 4.49. The van der Waals surface area contributed by atoms with Crippen molar-refractivity contribution in [3.05, 3.63) is 113 Å². The zero-order valence-corrected chi connectivity index (χ0v) is 25.9. The fourth-order valence-corrected chi connectivity index (χ4v) is 6.16. The molecule has 45 heavy (non-hydrogen) atoms. The van der Waals surface area contributed by atoms with E-state index in [1.54, 1.807) is 12.1 Å². The molecule has 0 bridgehead atoms. The van der Waals surface area contributed by atoms with Gasteiger partial charge in [-0.15, -0.1) is 0 Å². The number of aromatic nitrogens is 3. The van der Waals surface area contributed by atoms with Gasteiger partial charge in [0.05, 0.1) is 23.5 Å². The maximum atomic E-state index is 13.7. The SMILES string of the molecule is CCCCc1nc2cc(N3CCCN(Cc4ccccc4)C3=O)c(CC)nc2n1Cc1ccc(-c2ccccc2C(=O)O)cc1. The van der Waals surface area contributed by atoms with Crippen molar-refractivity contribution in [2.45, 2.75) is 59.0 Å². The number of amides is 2. The number of aryl methyl sites for hydroxylation is 2. The zero-order chi connectivity index (χ0) is 31.3. The molecule has 0 aliphatic carbocycles. The van der Waals surface area contributed by atoms with E-state index in [-0.39, 0.29) is 11.6 Å². The molecule has 8 nitrogen and oxygen atoms in total.